The molecule has 0 radical (unpaired) electrons. The molecule has 104 valence electrons. The van der Waals surface area contributed by atoms with E-state index in [1.54, 1.807) is 12.1 Å². The van der Waals surface area contributed by atoms with Crippen molar-refractivity contribution in [1.82, 2.24) is 0 Å². The van der Waals surface area contributed by atoms with E-state index in [1.165, 1.54) is 6.42 Å². The van der Waals surface area contributed by atoms with Gasteiger partial charge in [-0.15, -0.1) is 0 Å². The van der Waals surface area contributed by atoms with E-state index in [9.17, 15) is 4.79 Å². The van der Waals surface area contributed by atoms with Crippen LogP contribution in [0.4, 0.5) is 5.69 Å². The summed E-state index contributed by atoms with van der Waals surface area (Å²) in [5.41, 5.74) is 0.835. The van der Waals surface area contributed by atoms with Crippen LogP contribution in [0.1, 0.15) is 32.6 Å². The molecule has 1 aliphatic rings. The van der Waals surface area contributed by atoms with Gasteiger partial charge >= 0.3 is 5.97 Å². The number of carbonyl (C=O) groups is 1. The lowest BCUT2D eigenvalue weighted by atomic mass is 9.89. The molecule has 1 fully saturated rings. The summed E-state index contributed by atoms with van der Waals surface area (Å²) in [5.74, 6) is 0.464. The number of carbonyl (C=O) groups excluding carboxylic acids is 1. The number of hydrogen-bond acceptors (Lipinski definition) is 3. The molecular weight excluding hydrogens is 262 g/mol. The first-order valence-corrected chi connectivity index (χ1v) is 7.20. The number of anilines is 1. The Bertz CT molecular complexity index is 436. The lowest BCUT2D eigenvalue weighted by molar-refractivity contribution is -0.148. The standard InChI is InChI=1S/C15H20ClNO2/c1-11-4-2-7-14(8-11)19-15(18)10-17-13-6-3-5-12(16)9-13/h3,5-6,9,11,14,17H,2,4,7-8,10H2,1H3. The van der Waals surface area contributed by atoms with Gasteiger partial charge in [0.1, 0.15) is 12.6 Å². The molecule has 1 N–H and O–H groups in total. The summed E-state index contributed by atoms with van der Waals surface area (Å²) in [7, 11) is 0. The molecule has 1 aromatic carbocycles. The molecule has 0 bridgehead atoms. The van der Waals surface area contributed by atoms with Crippen LogP contribution in [-0.2, 0) is 9.53 Å². The van der Waals surface area contributed by atoms with Crippen molar-refractivity contribution in [2.75, 3.05) is 11.9 Å². The zero-order chi connectivity index (χ0) is 13.7. The van der Waals surface area contributed by atoms with Crippen molar-refractivity contribution in [3.63, 3.8) is 0 Å². The van der Waals surface area contributed by atoms with Crippen molar-refractivity contribution in [1.29, 1.82) is 0 Å². The van der Waals surface area contributed by atoms with Crippen LogP contribution in [0.5, 0.6) is 0 Å². The van der Waals surface area contributed by atoms with Gasteiger partial charge < -0.3 is 10.1 Å². The lowest BCUT2D eigenvalue weighted by Gasteiger charge is -2.26. The molecule has 2 rings (SSSR count). The number of ether oxygens (including phenoxy) is 1. The minimum atomic E-state index is -0.195. The van der Waals surface area contributed by atoms with Gasteiger partial charge in [0.05, 0.1) is 0 Å². The largest absolute Gasteiger partial charge is 0.461 e. The van der Waals surface area contributed by atoms with Gasteiger partial charge in [0.25, 0.3) is 0 Å². The zero-order valence-corrected chi connectivity index (χ0v) is 12.0. The average molecular weight is 282 g/mol. The molecule has 0 aliphatic heterocycles. The molecule has 1 saturated carbocycles. The summed E-state index contributed by atoms with van der Waals surface area (Å²) >= 11 is 5.88. The van der Waals surface area contributed by atoms with E-state index in [2.05, 4.69) is 12.2 Å². The Labute approximate surface area is 119 Å². The fraction of sp³-hybridized carbons (Fsp3) is 0.533. The third-order valence-corrected chi connectivity index (χ3v) is 3.68. The van der Waals surface area contributed by atoms with Crippen LogP contribution in [0.15, 0.2) is 24.3 Å². The van der Waals surface area contributed by atoms with Crippen molar-refractivity contribution in [2.45, 2.75) is 38.7 Å². The van der Waals surface area contributed by atoms with Crippen LogP contribution in [0, 0.1) is 5.92 Å². The molecule has 1 aliphatic carbocycles. The SMILES string of the molecule is CC1CCCC(OC(=O)CNc2cccc(Cl)c2)C1. The third-order valence-electron chi connectivity index (χ3n) is 3.45. The second-order valence-corrected chi connectivity index (χ2v) is 5.68. The third kappa shape index (κ3) is 4.75. The van der Waals surface area contributed by atoms with Gasteiger partial charge in [-0.05, 0) is 43.4 Å². The predicted octanol–water partition coefficient (Wildman–Crippen LogP) is 3.87. The van der Waals surface area contributed by atoms with E-state index in [0.29, 0.717) is 10.9 Å². The first-order chi connectivity index (χ1) is 9.13. The van der Waals surface area contributed by atoms with E-state index in [4.69, 9.17) is 16.3 Å². The van der Waals surface area contributed by atoms with Gasteiger partial charge in [-0.3, -0.25) is 4.79 Å². The highest BCUT2D eigenvalue weighted by Crippen LogP contribution is 2.25. The number of halogens is 1. The molecule has 19 heavy (non-hydrogen) atoms. The Morgan fingerprint density at radius 2 is 2.32 bits per heavy atom. The van der Waals surface area contributed by atoms with Gasteiger partial charge in [0, 0.05) is 10.7 Å². The summed E-state index contributed by atoms with van der Waals surface area (Å²) in [4.78, 5) is 11.8. The van der Waals surface area contributed by atoms with Crippen LogP contribution in [0.25, 0.3) is 0 Å². The van der Waals surface area contributed by atoms with Crippen molar-refractivity contribution < 1.29 is 9.53 Å². The zero-order valence-electron chi connectivity index (χ0n) is 11.2. The molecule has 4 heteroatoms. The molecule has 0 heterocycles. The summed E-state index contributed by atoms with van der Waals surface area (Å²) in [6, 6.07) is 7.31. The van der Waals surface area contributed by atoms with Crippen LogP contribution in [0.3, 0.4) is 0 Å². The summed E-state index contributed by atoms with van der Waals surface area (Å²) in [6.07, 6.45) is 4.48. The van der Waals surface area contributed by atoms with Gasteiger partial charge in [-0.25, -0.2) is 0 Å². The quantitative estimate of drug-likeness (QED) is 0.852. The maximum Gasteiger partial charge on any atom is 0.325 e. The molecular formula is C15H20ClNO2. The molecule has 2 atom stereocenters. The molecule has 0 aromatic heterocycles. The number of hydrogen-bond donors (Lipinski definition) is 1. The molecule has 3 nitrogen and oxygen atoms in total. The van der Waals surface area contributed by atoms with Crippen molar-refractivity contribution in [3.05, 3.63) is 29.3 Å². The highest BCUT2D eigenvalue weighted by Gasteiger charge is 2.21. The second-order valence-electron chi connectivity index (χ2n) is 5.25. The van der Waals surface area contributed by atoms with Crippen molar-refractivity contribution in [2.24, 2.45) is 5.92 Å². The summed E-state index contributed by atoms with van der Waals surface area (Å²) in [5, 5.41) is 3.68. The Morgan fingerprint density at radius 1 is 1.47 bits per heavy atom. The number of rotatable bonds is 4. The van der Waals surface area contributed by atoms with E-state index in [1.807, 2.05) is 12.1 Å². The highest BCUT2D eigenvalue weighted by molar-refractivity contribution is 6.30. The van der Waals surface area contributed by atoms with Gasteiger partial charge in [0.2, 0.25) is 0 Å². The number of nitrogens with one attached hydrogen (secondary N) is 1. The smallest absolute Gasteiger partial charge is 0.325 e. The number of esters is 1. The lowest BCUT2D eigenvalue weighted by Crippen LogP contribution is -2.27. The maximum atomic E-state index is 11.8. The van der Waals surface area contributed by atoms with E-state index in [0.717, 1.165) is 24.9 Å². The molecule has 2 unspecified atom stereocenters. The fourth-order valence-corrected chi connectivity index (χ4v) is 2.68. The number of benzene rings is 1. The maximum absolute atomic E-state index is 11.8. The first-order valence-electron chi connectivity index (χ1n) is 6.82. The van der Waals surface area contributed by atoms with E-state index >= 15 is 0 Å². The molecule has 0 spiro atoms. The monoisotopic (exact) mass is 281 g/mol. The van der Waals surface area contributed by atoms with Gasteiger partial charge in [-0.2, -0.15) is 0 Å². The topological polar surface area (TPSA) is 38.3 Å². The molecule has 0 saturated heterocycles. The average Bonchev–Trinajstić information content (AvgIpc) is 2.36. The van der Waals surface area contributed by atoms with Crippen LogP contribution < -0.4 is 5.32 Å². The molecule has 0 amide bonds. The predicted molar refractivity (Wildman–Crippen MR) is 77.5 cm³/mol. The van der Waals surface area contributed by atoms with E-state index < -0.39 is 0 Å². The van der Waals surface area contributed by atoms with Crippen molar-refractivity contribution >= 4 is 23.3 Å². The van der Waals surface area contributed by atoms with Crippen molar-refractivity contribution in [3.8, 4) is 0 Å². The van der Waals surface area contributed by atoms with Crippen LogP contribution >= 0.6 is 11.6 Å². The van der Waals surface area contributed by atoms with Gasteiger partial charge in [-0.1, -0.05) is 31.0 Å². The Morgan fingerprint density at radius 3 is 3.05 bits per heavy atom. The first kappa shape index (κ1) is 14.2. The Hall–Kier alpha value is -1.22. The second kappa shape index (κ2) is 6.80. The minimum Gasteiger partial charge on any atom is -0.461 e. The minimum absolute atomic E-state index is 0.0948. The van der Waals surface area contributed by atoms with Gasteiger partial charge in [0.15, 0.2) is 0 Å². The molecule has 1 aromatic rings. The summed E-state index contributed by atoms with van der Waals surface area (Å²) in [6.45, 7) is 2.40. The van der Waals surface area contributed by atoms with E-state index in [-0.39, 0.29) is 18.6 Å². The normalized spacial score (nSPS) is 22.8. The highest BCUT2D eigenvalue weighted by atomic mass is 35.5. The van der Waals surface area contributed by atoms with Crippen LogP contribution in [-0.4, -0.2) is 18.6 Å². The van der Waals surface area contributed by atoms with Crippen LogP contribution in [0.2, 0.25) is 5.02 Å². The summed E-state index contributed by atoms with van der Waals surface area (Å²) < 4.78 is 5.48. The fourth-order valence-electron chi connectivity index (χ4n) is 2.49. The Balaban J connectivity index is 1.75. The Kier molecular flexibility index (Phi) is 5.08.